The minimum atomic E-state index is -2.37. The van der Waals surface area contributed by atoms with Gasteiger partial charge in [0.25, 0.3) is 0 Å². The molecule has 0 aliphatic heterocycles. The molecule has 5 rings (SSSR count). The van der Waals surface area contributed by atoms with Gasteiger partial charge in [-0.2, -0.15) is 0 Å². The summed E-state index contributed by atoms with van der Waals surface area (Å²) in [6, 6.07) is 0. The maximum atomic E-state index is 15.2. The van der Waals surface area contributed by atoms with Gasteiger partial charge in [0.05, 0.1) is 0 Å². The average molecular weight is 845 g/mol. The van der Waals surface area contributed by atoms with Crippen molar-refractivity contribution in [3.05, 3.63) is 148 Å². The number of halogens is 10. The van der Waals surface area contributed by atoms with Crippen LogP contribution in [0.25, 0.3) is 6.15 Å². The summed E-state index contributed by atoms with van der Waals surface area (Å²) in [6.07, 6.45) is 0. The molecule has 0 bridgehead atoms. The van der Waals surface area contributed by atoms with Crippen molar-refractivity contribution in [1.29, 1.82) is 0 Å². The van der Waals surface area contributed by atoms with E-state index in [9.17, 15) is 35.1 Å². The SMILES string of the molecule is Cc1c(C)c(C)c(N)c(C)c1C.Cc1c(C)c(C)c(Nc2c(F)c(F)c(F)c(F)c2Nc2c(C)c(C)c(C)c(C)c2C)c(C)c1C.Fc1c(F)c(F)c(F)c(F)c1F.[Li+].[NH2-]. The number of nitrogen functional groups attached to an aromatic ring is 1. The van der Waals surface area contributed by atoms with Gasteiger partial charge in [0.15, 0.2) is 23.3 Å². The van der Waals surface area contributed by atoms with Crippen molar-refractivity contribution >= 4 is 28.4 Å². The zero-order valence-electron chi connectivity index (χ0n) is 36.9. The number of hydrogen-bond acceptors (Lipinski definition) is 3. The second-order valence-electron chi connectivity index (χ2n) is 14.7. The zero-order valence-corrected chi connectivity index (χ0v) is 36.9. The molecule has 0 aliphatic rings. The monoisotopic (exact) mass is 844 g/mol. The number of hydrogen-bond donors (Lipinski definition) is 3. The van der Waals surface area contributed by atoms with Crippen molar-refractivity contribution in [2.45, 2.75) is 104 Å². The Labute approximate surface area is 358 Å². The van der Waals surface area contributed by atoms with Crippen molar-refractivity contribution in [2.24, 2.45) is 0 Å². The van der Waals surface area contributed by atoms with E-state index < -0.39 is 69.5 Å². The molecule has 322 valence electrons. The van der Waals surface area contributed by atoms with Gasteiger partial charge >= 0.3 is 18.9 Å². The van der Waals surface area contributed by atoms with Crippen LogP contribution in [0, 0.1) is 162 Å². The van der Waals surface area contributed by atoms with Crippen molar-refractivity contribution in [3.63, 3.8) is 0 Å². The predicted octanol–water partition coefficient (Wildman–Crippen LogP) is 11.9. The molecular weight excluding hydrogens is 793 g/mol. The van der Waals surface area contributed by atoms with Crippen molar-refractivity contribution in [1.82, 2.24) is 0 Å². The summed E-state index contributed by atoms with van der Waals surface area (Å²) in [7, 11) is 0. The first-order valence-corrected chi connectivity index (χ1v) is 18.2. The third-order valence-corrected chi connectivity index (χ3v) is 12.0. The molecule has 5 aromatic carbocycles. The predicted molar refractivity (Wildman–Crippen MR) is 219 cm³/mol. The van der Waals surface area contributed by atoms with E-state index >= 15 is 8.78 Å². The Morgan fingerprint density at radius 1 is 0.250 bits per heavy atom. The first-order valence-electron chi connectivity index (χ1n) is 18.2. The molecule has 0 atom stereocenters. The van der Waals surface area contributed by atoms with E-state index in [1.165, 1.54) is 27.8 Å². The van der Waals surface area contributed by atoms with Gasteiger partial charge < -0.3 is 22.5 Å². The summed E-state index contributed by atoms with van der Waals surface area (Å²) < 4.78 is 131. The fourth-order valence-electron chi connectivity index (χ4n) is 6.60. The van der Waals surface area contributed by atoms with Crippen LogP contribution in [0.2, 0.25) is 0 Å². The van der Waals surface area contributed by atoms with Gasteiger partial charge in [0.2, 0.25) is 34.9 Å². The van der Waals surface area contributed by atoms with Gasteiger partial charge in [-0.3, -0.25) is 0 Å². The molecule has 0 fully saturated rings. The third kappa shape index (κ3) is 9.61. The standard InChI is InChI=1S/C28H32F4N2.C11H17N.C6F6.Li.H2N/c1-11-13(3)17(7)25(18(8)14(11)4)33-27-23(31)21(29)22(30)24(32)28(27)34-26-19(9)15(5)12(2)16(6)20(26)10;1-6-7(2)9(4)11(12)10(5)8(6)3;7-1-2(8)4(10)6(12)5(11)3(1)9;;/h33-34H,1-10H3;12H2,1-5H3;;;1H2/q;;;+1;-1. The second kappa shape index (κ2) is 20.3. The first-order chi connectivity index (χ1) is 26.6. The Balaban J connectivity index is 0.000000565. The summed E-state index contributed by atoms with van der Waals surface area (Å²) >= 11 is 0. The number of rotatable bonds is 4. The molecule has 0 radical (unpaired) electrons. The Kier molecular flexibility index (Phi) is 18.0. The van der Waals surface area contributed by atoms with E-state index in [-0.39, 0.29) is 25.0 Å². The van der Waals surface area contributed by atoms with Crippen LogP contribution < -0.4 is 35.2 Å². The molecule has 60 heavy (non-hydrogen) atoms. The zero-order chi connectivity index (χ0) is 44.7. The number of nitrogens with two attached hydrogens (primary N) is 2. The number of benzene rings is 5. The first kappa shape index (κ1) is 53.4. The molecule has 0 amide bonds. The Bertz CT molecular complexity index is 2040. The van der Waals surface area contributed by atoms with E-state index in [1.807, 2.05) is 69.2 Å². The summed E-state index contributed by atoms with van der Waals surface area (Å²) in [5.74, 6) is -20.9. The van der Waals surface area contributed by atoms with E-state index in [0.29, 0.717) is 11.4 Å². The molecule has 0 saturated heterocycles. The summed E-state index contributed by atoms with van der Waals surface area (Å²) in [6.45, 7) is 29.8. The van der Waals surface area contributed by atoms with E-state index in [0.717, 1.165) is 61.3 Å². The summed E-state index contributed by atoms with van der Waals surface area (Å²) in [5.41, 5.74) is 23.0. The van der Waals surface area contributed by atoms with Crippen LogP contribution in [-0.4, -0.2) is 0 Å². The average Bonchev–Trinajstić information content (AvgIpc) is 3.21. The van der Waals surface area contributed by atoms with Gasteiger partial charge in [-0.1, -0.05) is 0 Å². The van der Waals surface area contributed by atoms with Crippen LogP contribution in [0.1, 0.15) is 83.5 Å². The van der Waals surface area contributed by atoms with E-state index in [2.05, 4.69) is 45.3 Å². The van der Waals surface area contributed by atoms with Crippen molar-refractivity contribution < 1.29 is 62.8 Å². The molecule has 0 saturated carbocycles. The topological polar surface area (TPSA) is 83.6 Å². The van der Waals surface area contributed by atoms with Gasteiger partial charge in [-0.15, -0.1) is 0 Å². The van der Waals surface area contributed by atoms with Crippen LogP contribution in [-0.2, 0) is 0 Å². The second-order valence-corrected chi connectivity index (χ2v) is 14.7. The Morgan fingerprint density at radius 2 is 0.400 bits per heavy atom. The molecule has 0 aromatic heterocycles. The molecule has 5 aromatic rings. The molecule has 0 unspecified atom stereocenters. The molecule has 4 nitrogen and oxygen atoms in total. The van der Waals surface area contributed by atoms with Gasteiger partial charge in [-0.25, -0.2) is 43.9 Å². The van der Waals surface area contributed by atoms with Crippen LogP contribution in [0.3, 0.4) is 0 Å². The smallest absolute Gasteiger partial charge is 0.693 e. The van der Waals surface area contributed by atoms with Gasteiger partial charge in [0.1, 0.15) is 11.4 Å². The van der Waals surface area contributed by atoms with Crippen molar-refractivity contribution in [2.75, 3.05) is 16.4 Å². The molecular formula is C45H51F10LiN4. The normalized spacial score (nSPS) is 10.6. The molecule has 15 heteroatoms. The van der Waals surface area contributed by atoms with E-state index in [1.54, 1.807) is 0 Å². The van der Waals surface area contributed by atoms with Crippen LogP contribution in [0.15, 0.2) is 0 Å². The largest absolute Gasteiger partial charge is 1.00 e. The molecule has 0 heterocycles. The third-order valence-electron chi connectivity index (χ3n) is 12.0. The number of anilines is 5. The molecule has 0 spiro atoms. The minimum Gasteiger partial charge on any atom is -0.693 e. The van der Waals surface area contributed by atoms with Crippen molar-refractivity contribution in [3.8, 4) is 0 Å². The van der Waals surface area contributed by atoms with Crippen LogP contribution in [0.5, 0.6) is 0 Å². The minimum absolute atomic E-state index is 0. The molecule has 0 aliphatic carbocycles. The van der Waals surface area contributed by atoms with Crippen LogP contribution in [0.4, 0.5) is 72.3 Å². The maximum absolute atomic E-state index is 15.2. The molecule has 6 N–H and O–H groups in total. The Hall–Kier alpha value is -4.64. The summed E-state index contributed by atoms with van der Waals surface area (Å²) in [5, 5.41) is 5.82. The summed E-state index contributed by atoms with van der Waals surface area (Å²) in [4.78, 5) is 0. The van der Waals surface area contributed by atoms with Gasteiger partial charge in [-0.05, 0) is 187 Å². The van der Waals surface area contributed by atoms with Crippen LogP contribution >= 0.6 is 0 Å². The number of nitrogens with one attached hydrogen (secondary N) is 2. The fraction of sp³-hybridized carbons (Fsp3) is 0.333. The maximum Gasteiger partial charge on any atom is 1.00 e. The van der Waals surface area contributed by atoms with E-state index in [4.69, 9.17) is 5.73 Å². The Morgan fingerprint density at radius 3 is 0.600 bits per heavy atom. The fourth-order valence-corrected chi connectivity index (χ4v) is 6.60. The van der Waals surface area contributed by atoms with Gasteiger partial charge in [0, 0.05) is 17.1 Å². The quantitative estimate of drug-likeness (QED) is 0.0554.